The number of sulfonamides is 1. The molecule has 1 N–H and O–H groups in total. The Morgan fingerprint density at radius 1 is 0.903 bits per heavy atom. The zero-order chi connectivity index (χ0) is 22.8. The molecule has 0 radical (unpaired) electrons. The van der Waals surface area contributed by atoms with Gasteiger partial charge in [-0.1, -0.05) is 58.6 Å². The molecule has 0 heterocycles. The topological polar surface area (TPSA) is 66.5 Å². The van der Waals surface area contributed by atoms with E-state index in [9.17, 15) is 13.2 Å². The molecule has 0 atom stereocenters. The van der Waals surface area contributed by atoms with E-state index in [2.05, 4.69) is 5.32 Å². The van der Waals surface area contributed by atoms with Crippen LogP contribution in [-0.4, -0.2) is 20.9 Å². The molecule has 3 aromatic carbocycles. The zero-order valence-electron chi connectivity index (χ0n) is 16.7. The van der Waals surface area contributed by atoms with Gasteiger partial charge < -0.3 is 5.32 Å². The van der Waals surface area contributed by atoms with E-state index in [0.29, 0.717) is 27.0 Å². The molecule has 3 rings (SSSR count). The van der Waals surface area contributed by atoms with Crippen LogP contribution in [0.2, 0.25) is 15.1 Å². The van der Waals surface area contributed by atoms with Gasteiger partial charge in [0.05, 0.1) is 20.6 Å². The summed E-state index contributed by atoms with van der Waals surface area (Å²) in [5.41, 5.74) is 2.29. The maximum Gasteiger partial charge on any atom is 0.264 e. The van der Waals surface area contributed by atoms with Crippen molar-refractivity contribution in [3.05, 3.63) is 86.9 Å². The summed E-state index contributed by atoms with van der Waals surface area (Å²) in [6.07, 6.45) is 0. The van der Waals surface area contributed by atoms with Crippen molar-refractivity contribution in [2.45, 2.75) is 18.7 Å². The first-order valence-corrected chi connectivity index (χ1v) is 11.8. The van der Waals surface area contributed by atoms with Gasteiger partial charge in [0.15, 0.2) is 0 Å². The van der Waals surface area contributed by atoms with Crippen molar-refractivity contribution in [2.24, 2.45) is 0 Å². The lowest BCUT2D eigenvalue weighted by molar-refractivity contribution is -0.114. The third-order valence-electron chi connectivity index (χ3n) is 4.54. The number of amides is 1. The number of aryl methyl sites for hydroxylation is 2. The molecular formula is C22H19Cl3N2O3S. The molecule has 9 heteroatoms. The second kappa shape index (κ2) is 9.49. The molecular weight excluding hydrogens is 479 g/mol. The lowest BCUT2D eigenvalue weighted by atomic mass is 10.2. The third-order valence-corrected chi connectivity index (χ3v) is 7.29. The average Bonchev–Trinajstić information content (AvgIpc) is 2.71. The molecule has 0 spiro atoms. The SMILES string of the molecule is Cc1ccc(S(=O)(=O)N(CC(=O)Nc2ccc(Cl)c(Cl)c2)c2cc(Cl)ccc2C)cc1. The second-order valence-corrected chi connectivity index (χ2v) is 10.0. The lowest BCUT2D eigenvalue weighted by Crippen LogP contribution is -2.38. The Labute approximate surface area is 196 Å². The fourth-order valence-corrected chi connectivity index (χ4v) is 4.83. The van der Waals surface area contributed by atoms with Crippen LogP contribution in [0.25, 0.3) is 0 Å². The Balaban J connectivity index is 1.99. The lowest BCUT2D eigenvalue weighted by Gasteiger charge is -2.26. The van der Waals surface area contributed by atoms with Gasteiger partial charge in [-0.15, -0.1) is 0 Å². The highest BCUT2D eigenvalue weighted by Gasteiger charge is 2.28. The maximum atomic E-state index is 13.5. The Hall–Kier alpha value is -2.25. The van der Waals surface area contributed by atoms with Crippen LogP contribution < -0.4 is 9.62 Å². The van der Waals surface area contributed by atoms with Crippen LogP contribution in [0.5, 0.6) is 0 Å². The highest BCUT2D eigenvalue weighted by Crippen LogP contribution is 2.30. The van der Waals surface area contributed by atoms with Gasteiger partial charge >= 0.3 is 0 Å². The fourth-order valence-electron chi connectivity index (χ4n) is 2.89. The first kappa shape index (κ1) is 23.4. The summed E-state index contributed by atoms with van der Waals surface area (Å²) in [5.74, 6) is -0.548. The van der Waals surface area contributed by atoms with Crippen molar-refractivity contribution in [3.8, 4) is 0 Å². The van der Waals surface area contributed by atoms with Crippen LogP contribution in [0.1, 0.15) is 11.1 Å². The van der Waals surface area contributed by atoms with Gasteiger partial charge in [0.25, 0.3) is 10.0 Å². The molecule has 162 valence electrons. The maximum absolute atomic E-state index is 13.5. The minimum absolute atomic E-state index is 0.0693. The van der Waals surface area contributed by atoms with Gasteiger partial charge in [-0.05, 0) is 61.9 Å². The number of nitrogens with one attached hydrogen (secondary N) is 1. The molecule has 0 aliphatic rings. The van der Waals surface area contributed by atoms with Gasteiger partial charge in [-0.25, -0.2) is 8.42 Å². The van der Waals surface area contributed by atoms with Crippen LogP contribution in [0.15, 0.2) is 65.6 Å². The molecule has 0 saturated carbocycles. The summed E-state index contributed by atoms with van der Waals surface area (Å²) >= 11 is 18.0. The molecule has 1 amide bonds. The summed E-state index contributed by atoms with van der Waals surface area (Å²) in [7, 11) is -4.05. The van der Waals surface area contributed by atoms with Crippen LogP contribution in [0.3, 0.4) is 0 Å². The largest absolute Gasteiger partial charge is 0.324 e. The van der Waals surface area contributed by atoms with Gasteiger partial charge in [-0.3, -0.25) is 9.10 Å². The number of carbonyl (C=O) groups is 1. The predicted molar refractivity (Wildman–Crippen MR) is 127 cm³/mol. The van der Waals surface area contributed by atoms with Crippen molar-refractivity contribution in [1.29, 1.82) is 0 Å². The number of benzene rings is 3. The van der Waals surface area contributed by atoms with Crippen molar-refractivity contribution >= 4 is 62.1 Å². The van der Waals surface area contributed by atoms with E-state index in [1.807, 2.05) is 6.92 Å². The van der Waals surface area contributed by atoms with Crippen molar-refractivity contribution in [1.82, 2.24) is 0 Å². The number of halogens is 3. The van der Waals surface area contributed by atoms with Crippen molar-refractivity contribution in [2.75, 3.05) is 16.2 Å². The van der Waals surface area contributed by atoms with Crippen LogP contribution in [-0.2, 0) is 14.8 Å². The Kier molecular flexibility index (Phi) is 7.17. The van der Waals surface area contributed by atoms with Crippen molar-refractivity contribution in [3.63, 3.8) is 0 Å². The van der Waals surface area contributed by atoms with E-state index < -0.39 is 22.5 Å². The van der Waals surface area contributed by atoms with Crippen LogP contribution in [0.4, 0.5) is 11.4 Å². The molecule has 0 aliphatic heterocycles. The number of rotatable bonds is 6. The Morgan fingerprint density at radius 2 is 1.58 bits per heavy atom. The van der Waals surface area contributed by atoms with Crippen LogP contribution in [0, 0.1) is 13.8 Å². The van der Waals surface area contributed by atoms with E-state index >= 15 is 0 Å². The molecule has 31 heavy (non-hydrogen) atoms. The average molecular weight is 498 g/mol. The summed E-state index contributed by atoms with van der Waals surface area (Å²) in [4.78, 5) is 12.9. The summed E-state index contributed by atoms with van der Waals surface area (Å²) < 4.78 is 28.0. The smallest absolute Gasteiger partial charge is 0.264 e. The fraction of sp³-hybridized carbons (Fsp3) is 0.136. The first-order chi connectivity index (χ1) is 14.6. The molecule has 0 unspecified atom stereocenters. The minimum Gasteiger partial charge on any atom is -0.324 e. The van der Waals surface area contributed by atoms with Crippen molar-refractivity contribution < 1.29 is 13.2 Å². The van der Waals surface area contributed by atoms with Gasteiger partial charge in [0.2, 0.25) is 5.91 Å². The number of nitrogens with zero attached hydrogens (tertiary/aromatic N) is 1. The van der Waals surface area contributed by atoms with E-state index in [-0.39, 0.29) is 9.92 Å². The highest BCUT2D eigenvalue weighted by molar-refractivity contribution is 7.92. The van der Waals surface area contributed by atoms with E-state index in [1.165, 1.54) is 24.3 Å². The molecule has 0 fully saturated rings. The number of hydrogen-bond acceptors (Lipinski definition) is 3. The molecule has 0 aliphatic carbocycles. The summed E-state index contributed by atoms with van der Waals surface area (Å²) in [6, 6.07) is 15.9. The minimum atomic E-state index is -4.05. The van der Waals surface area contributed by atoms with Gasteiger partial charge in [-0.2, -0.15) is 0 Å². The second-order valence-electron chi connectivity index (χ2n) is 6.93. The van der Waals surface area contributed by atoms with E-state index in [0.717, 1.165) is 9.87 Å². The number of anilines is 2. The predicted octanol–water partition coefficient (Wildman–Crippen LogP) is 6.10. The summed E-state index contributed by atoms with van der Waals surface area (Å²) in [6.45, 7) is 3.15. The molecule has 0 saturated heterocycles. The number of carbonyl (C=O) groups excluding carboxylic acids is 1. The van der Waals surface area contributed by atoms with E-state index in [4.69, 9.17) is 34.8 Å². The van der Waals surface area contributed by atoms with E-state index in [1.54, 1.807) is 43.3 Å². The third kappa shape index (κ3) is 5.52. The zero-order valence-corrected chi connectivity index (χ0v) is 19.8. The molecule has 3 aromatic rings. The normalized spacial score (nSPS) is 11.3. The van der Waals surface area contributed by atoms with Gasteiger partial charge in [0.1, 0.15) is 6.54 Å². The quantitative estimate of drug-likeness (QED) is 0.447. The number of hydrogen-bond donors (Lipinski definition) is 1. The van der Waals surface area contributed by atoms with Crippen LogP contribution >= 0.6 is 34.8 Å². The molecule has 0 aromatic heterocycles. The standard InChI is InChI=1S/C22H19Cl3N2O3S/c1-14-3-8-18(9-4-14)31(29,30)27(21-11-16(23)6-5-15(21)2)13-22(28)26-17-7-10-19(24)20(25)12-17/h3-12H,13H2,1-2H3,(H,26,28). The first-order valence-electron chi connectivity index (χ1n) is 9.18. The Morgan fingerprint density at radius 3 is 2.23 bits per heavy atom. The van der Waals surface area contributed by atoms with Gasteiger partial charge in [0, 0.05) is 10.7 Å². The molecule has 5 nitrogen and oxygen atoms in total. The highest BCUT2D eigenvalue weighted by atomic mass is 35.5. The monoisotopic (exact) mass is 496 g/mol. The molecule has 0 bridgehead atoms. The summed E-state index contributed by atoms with van der Waals surface area (Å²) in [5, 5.41) is 3.63. The Bertz CT molecular complexity index is 1230.